The van der Waals surface area contributed by atoms with Crippen LogP contribution in [0.2, 0.25) is 0 Å². The molecule has 0 bridgehead atoms. The summed E-state index contributed by atoms with van der Waals surface area (Å²) in [7, 11) is 0. The lowest BCUT2D eigenvalue weighted by atomic mass is 9.95. The van der Waals surface area contributed by atoms with E-state index >= 15 is 0 Å². The lowest BCUT2D eigenvalue weighted by Gasteiger charge is -2.02. The molecule has 0 aromatic carbocycles. The van der Waals surface area contributed by atoms with E-state index in [0.29, 0.717) is 25.3 Å². The lowest BCUT2D eigenvalue weighted by Crippen LogP contribution is -2.26. The minimum absolute atomic E-state index is 0.329. The zero-order chi connectivity index (χ0) is 11.0. The number of hydrogen-bond donors (Lipinski definition) is 0. The molecular weight excluding hydrogens is 184 g/mol. The molecule has 0 aliphatic rings. The Kier molecular flexibility index (Phi) is 5.70. The monoisotopic (exact) mass is 194 g/mol. The smallest absolute Gasteiger partial charge is 0.323 e. The van der Waals surface area contributed by atoms with Gasteiger partial charge in [0.2, 0.25) is 11.6 Å². The Bertz CT molecular complexity index is 294. The number of carbonyl (C=O) groups excluding carboxylic acids is 2. The third-order valence-corrected chi connectivity index (χ3v) is 1.63. The van der Waals surface area contributed by atoms with Crippen molar-refractivity contribution in [1.82, 2.24) is 0 Å². The summed E-state index contributed by atoms with van der Waals surface area (Å²) in [5.74, 6) is -2.12. The average Bonchev–Trinajstić information content (AvgIpc) is 2.14. The maximum absolute atomic E-state index is 11.2. The zero-order valence-corrected chi connectivity index (χ0v) is 7.75. The van der Waals surface area contributed by atoms with Gasteiger partial charge in [-0.1, -0.05) is 13.3 Å². The van der Waals surface area contributed by atoms with Gasteiger partial charge in [-0.25, -0.2) is 0 Å². The van der Waals surface area contributed by atoms with E-state index in [1.54, 1.807) is 6.92 Å². The van der Waals surface area contributed by atoms with Crippen molar-refractivity contribution in [3.8, 4) is 0 Å². The molecule has 0 aromatic rings. The quantitative estimate of drug-likeness (QED) is 0.259. The van der Waals surface area contributed by atoms with Crippen LogP contribution in [0.1, 0.15) is 19.8 Å². The van der Waals surface area contributed by atoms with E-state index in [2.05, 4.69) is 9.58 Å². The molecule has 0 fully saturated rings. The Morgan fingerprint density at radius 2 is 1.64 bits per heavy atom. The zero-order valence-electron chi connectivity index (χ0n) is 7.75. The van der Waals surface area contributed by atoms with Crippen molar-refractivity contribution in [2.45, 2.75) is 19.8 Å². The van der Waals surface area contributed by atoms with E-state index in [1.165, 1.54) is 0 Å². The van der Waals surface area contributed by atoms with Crippen molar-refractivity contribution in [3.63, 3.8) is 0 Å². The minimum atomic E-state index is -0.924. The summed E-state index contributed by atoms with van der Waals surface area (Å²) in [5.41, 5.74) is 16.2. The Morgan fingerprint density at radius 3 is 1.93 bits per heavy atom. The molecule has 0 saturated heterocycles. The van der Waals surface area contributed by atoms with Crippen molar-refractivity contribution in [1.29, 1.82) is 0 Å². The van der Waals surface area contributed by atoms with Crippen LogP contribution in [0.4, 0.5) is 0 Å². The molecule has 0 heterocycles. The number of ketones is 2. The molecule has 0 saturated carbocycles. The molecule has 0 aromatic heterocycles. The molecule has 74 valence electrons. The van der Waals surface area contributed by atoms with Crippen LogP contribution in [0.3, 0.4) is 0 Å². The molecule has 0 spiro atoms. The maximum Gasteiger partial charge on any atom is 0.323 e. The minimum Gasteiger partial charge on any atom is -0.361 e. The van der Waals surface area contributed by atoms with Gasteiger partial charge < -0.3 is 11.1 Å². The SMILES string of the molecule is CCCC(C(=O)C=[N+]=[N-])C(=O)C=[N+]=[N-]. The predicted octanol–water partition coefficient (Wildman–Crippen LogP) is 0.142. The standard InChI is InChI=1S/C8H10N4O2/c1-2-3-6(7(13)4-11-9)8(14)5-12-10/h4-6H,2-3H2,1H3. The molecule has 0 aliphatic carbocycles. The fraction of sp³-hybridized carbons (Fsp3) is 0.500. The molecule has 0 unspecified atom stereocenters. The van der Waals surface area contributed by atoms with Crippen LogP contribution in [0, 0.1) is 5.92 Å². The normalized spacial score (nSPS) is 10.6. The first-order valence-corrected chi connectivity index (χ1v) is 4.09. The Morgan fingerprint density at radius 1 is 1.21 bits per heavy atom. The third kappa shape index (κ3) is 3.67. The van der Waals surface area contributed by atoms with Crippen molar-refractivity contribution in [3.05, 3.63) is 11.1 Å². The molecule has 14 heavy (non-hydrogen) atoms. The molecule has 0 atom stereocenters. The fourth-order valence-electron chi connectivity index (χ4n) is 1.01. The van der Waals surface area contributed by atoms with Crippen LogP contribution in [-0.2, 0) is 9.59 Å². The van der Waals surface area contributed by atoms with E-state index in [4.69, 9.17) is 11.1 Å². The summed E-state index contributed by atoms with van der Waals surface area (Å²) in [6.45, 7) is 1.81. The Balaban J connectivity index is 4.74. The second-order valence-corrected chi connectivity index (χ2v) is 2.64. The maximum atomic E-state index is 11.2. The molecule has 0 rings (SSSR count). The van der Waals surface area contributed by atoms with Gasteiger partial charge in [0.05, 0.1) is 5.92 Å². The number of Topliss-reactive ketones (excluding diaryl/α,β-unsaturated/α-hetero) is 2. The highest BCUT2D eigenvalue weighted by Crippen LogP contribution is 2.06. The van der Waals surface area contributed by atoms with Gasteiger partial charge in [-0.05, 0) is 6.42 Å². The molecule has 0 aliphatic heterocycles. The highest BCUT2D eigenvalue weighted by atomic mass is 16.1. The molecular formula is C8H10N4O2. The first kappa shape index (κ1) is 12.1. The van der Waals surface area contributed by atoms with Gasteiger partial charge in [-0.15, -0.1) is 0 Å². The van der Waals surface area contributed by atoms with Gasteiger partial charge in [0, 0.05) is 0 Å². The van der Waals surface area contributed by atoms with Crippen molar-refractivity contribution < 1.29 is 19.2 Å². The molecule has 6 nitrogen and oxygen atoms in total. The number of hydrogen-bond acceptors (Lipinski definition) is 2. The third-order valence-electron chi connectivity index (χ3n) is 1.63. The van der Waals surface area contributed by atoms with Crippen molar-refractivity contribution in [2.75, 3.05) is 0 Å². The summed E-state index contributed by atoms with van der Waals surface area (Å²) >= 11 is 0. The van der Waals surface area contributed by atoms with Crippen LogP contribution < -0.4 is 0 Å². The highest BCUT2D eigenvalue weighted by molar-refractivity contribution is 6.40. The largest absolute Gasteiger partial charge is 0.361 e. The van der Waals surface area contributed by atoms with Gasteiger partial charge in [0.25, 0.3) is 0 Å². The van der Waals surface area contributed by atoms with Crippen LogP contribution in [0.25, 0.3) is 11.1 Å². The molecule has 0 amide bonds. The number of rotatable bonds is 6. The summed E-state index contributed by atoms with van der Waals surface area (Å²) < 4.78 is 0. The van der Waals surface area contributed by atoms with Crippen molar-refractivity contribution in [2.24, 2.45) is 5.92 Å². The van der Waals surface area contributed by atoms with Gasteiger partial charge in [0.15, 0.2) is 0 Å². The Hall–Kier alpha value is -1.90. The summed E-state index contributed by atoms with van der Waals surface area (Å²) in [6.07, 6.45) is 2.29. The van der Waals surface area contributed by atoms with Crippen molar-refractivity contribution >= 4 is 24.0 Å². The average molecular weight is 194 g/mol. The number of nitrogens with zero attached hydrogens (tertiary/aromatic N) is 4. The van der Waals surface area contributed by atoms with Gasteiger partial charge in [-0.3, -0.25) is 9.59 Å². The predicted molar refractivity (Wildman–Crippen MR) is 47.8 cm³/mol. The van der Waals surface area contributed by atoms with Gasteiger partial charge in [-0.2, -0.15) is 9.58 Å². The molecule has 6 heteroatoms. The van der Waals surface area contributed by atoms with E-state index in [9.17, 15) is 9.59 Å². The van der Waals surface area contributed by atoms with Crippen LogP contribution >= 0.6 is 0 Å². The van der Waals surface area contributed by atoms with Gasteiger partial charge >= 0.3 is 12.4 Å². The first-order chi connectivity index (χ1) is 6.67. The Labute approximate surface area is 80.8 Å². The van der Waals surface area contributed by atoms with E-state index in [-0.39, 0.29) is 0 Å². The second-order valence-electron chi connectivity index (χ2n) is 2.64. The van der Waals surface area contributed by atoms with E-state index < -0.39 is 17.5 Å². The highest BCUT2D eigenvalue weighted by Gasteiger charge is 2.27. The van der Waals surface area contributed by atoms with E-state index in [1.807, 2.05) is 0 Å². The molecule has 0 radical (unpaired) electrons. The first-order valence-electron chi connectivity index (χ1n) is 4.09. The molecule has 0 N–H and O–H groups in total. The lowest BCUT2D eigenvalue weighted by molar-refractivity contribution is -0.129. The fourth-order valence-corrected chi connectivity index (χ4v) is 1.01. The number of carbonyl (C=O) groups is 2. The second kappa shape index (κ2) is 6.60. The van der Waals surface area contributed by atoms with Crippen LogP contribution in [-0.4, -0.2) is 33.6 Å². The van der Waals surface area contributed by atoms with Crippen LogP contribution in [0.15, 0.2) is 0 Å². The van der Waals surface area contributed by atoms with E-state index in [0.717, 1.165) is 0 Å². The summed E-state index contributed by atoms with van der Waals surface area (Å²) in [6, 6.07) is 0. The van der Waals surface area contributed by atoms with Crippen LogP contribution in [0.5, 0.6) is 0 Å². The van der Waals surface area contributed by atoms with Gasteiger partial charge in [0.1, 0.15) is 0 Å². The summed E-state index contributed by atoms with van der Waals surface area (Å²) in [4.78, 5) is 27.4. The summed E-state index contributed by atoms with van der Waals surface area (Å²) in [5, 5.41) is 0. The topological polar surface area (TPSA) is 107 Å².